The minimum absolute atomic E-state index is 0.0598. The summed E-state index contributed by atoms with van der Waals surface area (Å²) in [7, 11) is 0. The van der Waals surface area contributed by atoms with E-state index >= 15 is 0 Å². The van der Waals surface area contributed by atoms with Crippen molar-refractivity contribution in [2.45, 2.75) is 57.1 Å². The molecule has 3 fully saturated rings. The van der Waals surface area contributed by atoms with Crippen molar-refractivity contribution in [3.8, 4) is 0 Å². The third kappa shape index (κ3) is 2.56. The highest BCUT2D eigenvalue weighted by atomic mass is 16.5. The summed E-state index contributed by atoms with van der Waals surface area (Å²) in [5.41, 5.74) is 0. The fraction of sp³-hybridized carbons (Fsp3) is 0.875. The zero-order chi connectivity index (χ0) is 14.2. The van der Waals surface area contributed by atoms with Crippen LogP contribution in [0.15, 0.2) is 4.99 Å². The van der Waals surface area contributed by atoms with Crippen molar-refractivity contribution in [3.63, 3.8) is 0 Å². The van der Waals surface area contributed by atoms with Crippen molar-refractivity contribution >= 4 is 11.9 Å². The van der Waals surface area contributed by atoms with Gasteiger partial charge in [-0.05, 0) is 38.8 Å². The van der Waals surface area contributed by atoms with E-state index in [-0.39, 0.29) is 17.9 Å². The van der Waals surface area contributed by atoms with Crippen molar-refractivity contribution in [3.05, 3.63) is 0 Å². The lowest BCUT2D eigenvalue weighted by Crippen LogP contribution is -2.50. The third-order valence-electron chi connectivity index (χ3n) is 5.48. The van der Waals surface area contributed by atoms with Gasteiger partial charge in [0.1, 0.15) is 6.10 Å². The zero-order valence-corrected chi connectivity index (χ0v) is 12.7. The molecule has 1 aliphatic carbocycles. The number of rotatable bonds is 2. The molecule has 21 heavy (non-hydrogen) atoms. The second kappa shape index (κ2) is 5.59. The molecule has 2 saturated heterocycles. The van der Waals surface area contributed by atoms with Crippen molar-refractivity contribution in [1.29, 1.82) is 0 Å². The summed E-state index contributed by atoms with van der Waals surface area (Å²) < 4.78 is 6.00. The molecule has 0 aromatic carbocycles. The van der Waals surface area contributed by atoms with Crippen molar-refractivity contribution in [2.75, 3.05) is 26.2 Å². The van der Waals surface area contributed by atoms with Gasteiger partial charge >= 0.3 is 0 Å². The van der Waals surface area contributed by atoms with Crippen LogP contribution in [0.5, 0.6) is 0 Å². The van der Waals surface area contributed by atoms with Crippen LogP contribution in [-0.2, 0) is 9.53 Å². The Morgan fingerprint density at radius 1 is 1.10 bits per heavy atom. The van der Waals surface area contributed by atoms with Crippen LogP contribution in [-0.4, -0.2) is 60.1 Å². The van der Waals surface area contributed by atoms with Crippen LogP contribution in [0.2, 0.25) is 0 Å². The number of carbonyl (C=O) groups excluding carboxylic acids is 1. The van der Waals surface area contributed by atoms with Crippen LogP contribution in [0.1, 0.15) is 44.9 Å². The van der Waals surface area contributed by atoms with E-state index in [0.29, 0.717) is 12.1 Å². The van der Waals surface area contributed by atoms with Gasteiger partial charge in [-0.3, -0.25) is 9.69 Å². The molecule has 3 heterocycles. The lowest BCUT2D eigenvalue weighted by molar-refractivity contribution is -0.125. The van der Waals surface area contributed by atoms with Gasteiger partial charge in [0.25, 0.3) is 11.9 Å². The highest BCUT2D eigenvalue weighted by molar-refractivity contribution is 5.95. The Kier molecular flexibility index (Phi) is 3.61. The first-order valence-corrected chi connectivity index (χ1v) is 8.59. The number of carbonyl (C=O) groups is 1. The molecule has 5 nitrogen and oxygen atoms in total. The molecule has 3 atom stereocenters. The standard InChI is InChI=1S/C16H25N3O2/c20-15-13-6-2-3-7-14(13)19-11-12(21-16(19)17-15)10-18-8-4-1-5-9-18/h12-14H,1-11H2. The summed E-state index contributed by atoms with van der Waals surface area (Å²) in [6.45, 7) is 4.29. The molecule has 4 aliphatic rings. The van der Waals surface area contributed by atoms with Gasteiger partial charge in [-0.15, -0.1) is 0 Å². The summed E-state index contributed by atoms with van der Waals surface area (Å²) in [6, 6.07) is 0.968. The number of piperidine rings is 1. The molecule has 0 bridgehead atoms. The van der Waals surface area contributed by atoms with Crippen LogP contribution in [0, 0.1) is 5.92 Å². The summed E-state index contributed by atoms with van der Waals surface area (Å²) >= 11 is 0. The van der Waals surface area contributed by atoms with E-state index in [2.05, 4.69) is 14.8 Å². The van der Waals surface area contributed by atoms with E-state index in [0.717, 1.165) is 25.9 Å². The van der Waals surface area contributed by atoms with Crippen LogP contribution >= 0.6 is 0 Å². The molecule has 3 aliphatic heterocycles. The van der Waals surface area contributed by atoms with E-state index in [1.165, 1.54) is 45.2 Å². The van der Waals surface area contributed by atoms with Crippen molar-refractivity contribution in [2.24, 2.45) is 10.9 Å². The number of hydrogen-bond acceptors (Lipinski definition) is 4. The Balaban J connectivity index is 1.44. The number of likely N-dealkylation sites (tertiary alicyclic amines) is 1. The fourth-order valence-corrected chi connectivity index (χ4v) is 4.39. The topological polar surface area (TPSA) is 45.1 Å². The lowest BCUT2D eigenvalue weighted by atomic mass is 9.82. The van der Waals surface area contributed by atoms with Crippen LogP contribution < -0.4 is 0 Å². The van der Waals surface area contributed by atoms with Gasteiger partial charge in [0, 0.05) is 12.6 Å². The van der Waals surface area contributed by atoms with Gasteiger partial charge in [-0.2, -0.15) is 4.99 Å². The van der Waals surface area contributed by atoms with Gasteiger partial charge in [0.15, 0.2) is 0 Å². The van der Waals surface area contributed by atoms with Crippen LogP contribution in [0.3, 0.4) is 0 Å². The average molecular weight is 291 g/mol. The normalized spacial score (nSPS) is 36.8. The Morgan fingerprint density at radius 2 is 1.90 bits per heavy atom. The molecule has 1 amide bonds. The van der Waals surface area contributed by atoms with E-state index in [1.807, 2.05) is 0 Å². The minimum Gasteiger partial charge on any atom is -0.458 e. The number of fused-ring (bicyclic) bond motifs is 3. The highest BCUT2D eigenvalue weighted by Crippen LogP contribution is 2.35. The predicted octanol–water partition coefficient (Wildman–Crippen LogP) is 1.63. The van der Waals surface area contributed by atoms with Gasteiger partial charge in [0.2, 0.25) is 0 Å². The van der Waals surface area contributed by atoms with Crippen molar-refractivity contribution < 1.29 is 9.53 Å². The summed E-state index contributed by atoms with van der Waals surface area (Å²) in [5, 5.41) is 0. The summed E-state index contributed by atoms with van der Waals surface area (Å²) in [4.78, 5) is 21.2. The largest absolute Gasteiger partial charge is 0.458 e. The first-order valence-electron chi connectivity index (χ1n) is 8.59. The molecule has 116 valence electrons. The molecule has 0 N–H and O–H groups in total. The summed E-state index contributed by atoms with van der Waals surface area (Å²) in [5.74, 6) is 0.185. The monoisotopic (exact) mass is 291 g/mol. The number of amides is 1. The van der Waals surface area contributed by atoms with Gasteiger partial charge in [-0.1, -0.05) is 19.3 Å². The minimum atomic E-state index is 0.0598. The maximum absolute atomic E-state index is 12.2. The molecule has 0 spiro atoms. The van der Waals surface area contributed by atoms with Gasteiger partial charge in [-0.25, -0.2) is 0 Å². The molecule has 5 heteroatoms. The van der Waals surface area contributed by atoms with Crippen molar-refractivity contribution in [1.82, 2.24) is 9.80 Å². The zero-order valence-electron chi connectivity index (χ0n) is 12.7. The number of amidine groups is 1. The third-order valence-corrected chi connectivity index (χ3v) is 5.48. The van der Waals surface area contributed by atoms with E-state index in [4.69, 9.17) is 4.74 Å². The van der Waals surface area contributed by atoms with Crippen LogP contribution in [0.4, 0.5) is 0 Å². The molecule has 0 radical (unpaired) electrons. The predicted molar refractivity (Wildman–Crippen MR) is 80.1 cm³/mol. The Hall–Kier alpha value is -1.10. The molecule has 3 unspecified atom stereocenters. The number of hydrogen-bond donors (Lipinski definition) is 0. The number of ether oxygens (including phenoxy) is 1. The molecular formula is C16H25N3O2. The average Bonchev–Trinajstić information content (AvgIpc) is 2.91. The smallest absolute Gasteiger partial charge is 0.296 e. The van der Waals surface area contributed by atoms with E-state index in [9.17, 15) is 4.79 Å². The summed E-state index contributed by atoms with van der Waals surface area (Å²) in [6.07, 6.45) is 8.69. The first kappa shape index (κ1) is 13.6. The van der Waals surface area contributed by atoms with E-state index < -0.39 is 0 Å². The van der Waals surface area contributed by atoms with E-state index in [1.54, 1.807) is 0 Å². The van der Waals surface area contributed by atoms with Gasteiger partial charge in [0.05, 0.1) is 12.5 Å². The number of nitrogens with zero attached hydrogens (tertiary/aromatic N) is 3. The SMILES string of the molecule is O=C1N=C2OC(CN3CCCCC3)CN2C2CCCCC12. The number of aliphatic imine (C=N–C) groups is 1. The maximum atomic E-state index is 12.2. The lowest BCUT2D eigenvalue weighted by Gasteiger charge is -2.38. The van der Waals surface area contributed by atoms with Gasteiger partial charge < -0.3 is 9.64 Å². The molecule has 4 rings (SSSR count). The molecule has 1 saturated carbocycles. The Labute approximate surface area is 126 Å². The second-order valence-corrected chi connectivity index (χ2v) is 6.94. The first-order chi connectivity index (χ1) is 10.3. The maximum Gasteiger partial charge on any atom is 0.296 e. The second-order valence-electron chi connectivity index (χ2n) is 6.94. The molecule has 0 aromatic rings. The molecule has 0 aromatic heterocycles. The van der Waals surface area contributed by atoms with Crippen LogP contribution in [0.25, 0.3) is 0 Å². The molecular weight excluding hydrogens is 266 g/mol. The fourth-order valence-electron chi connectivity index (χ4n) is 4.39. The Morgan fingerprint density at radius 3 is 2.76 bits per heavy atom. The quantitative estimate of drug-likeness (QED) is 0.776. The highest BCUT2D eigenvalue weighted by Gasteiger charge is 2.45. The Bertz CT molecular complexity index is 445.